The Morgan fingerprint density at radius 3 is 2.56 bits per heavy atom. The van der Waals surface area contributed by atoms with Crippen molar-refractivity contribution in [3.63, 3.8) is 0 Å². The van der Waals surface area contributed by atoms with Crippen LogP contribution in [-0.4, -0.2) is 26.5 Å². The lowest BCUT2D eigenvalue weighted by molar-refractivity contribution is 0.104. The Morgan fingerprint density at radius 1 is 1.15 bits per heavy atom. The predicted molar refractivity (Wildman–Crippen MR) is 108 cm³/mol. The number of para-hydroxylation sites is 1. The number of nitrogens with zero attached hydrogens (tertiary/aromatic N) is 1. The normalized spacial score (nSPS) is 11.1. The maximum atomic E-state index is 12.5. The van der Waals surface area contributed by atoms with Gasteiger partial charge in [0.15, 0.2) is 17.1 Å². The number of fused-ring (bicyclic) bond motifs is 1. The number of ketones is 1. The van der Waals surface area contributed by atoms with E-state index in [4.69, 9.17) is 9.15 Å². The zero-order chi connectivity index (χ0) is 19.4. The van der Waals surface area contributed by atoms with Gasteiger partial charge in [-0.05, 0) is 42.8 Å². The molecule has 0 spiro atoms. The lowest BCUT2D eigenvalue weighted by Gasteiger charge is -2.11. The van der Waals surface area contributed by atoms with Crippen molar-refractivity contribution in [2.75, 3.05) is 25.6 Å². The Labute approximate surface area is 157 Å². The summed E-state index contributed by atoms with van der Waals surface area (Å²) in [5.41, 5.74) is 1.62. The van der Waals surface area contributed by atoms with Crippen molar-refractivity contribution >= 4 is 28.5 Å². The molecule has 1 heterocycles. The Kier molecular flexibility index (Phi) is 5.41. The van der Waals surface area contributed by atoms with E-state index in [0.29, 0.717) is 23.3 Å². The molecule has 0 unspecified atom stereocenters. The maximum absolute atomic E-state index is 12.5. The smallest absolute Gasteiger partial charge is 0.347 e. The third-order valence-electron chi connectivity index (χ3n) is 4.13. The van der Waals surface area contributed by atoms with Crippen LogP contribution in [0.1, 0.15) is 22.8 Å². The van der Waals surface area contributed by atoms with Crippen molar-refractivity contribution in [3.05, 3.63) is 76.2 Å². The van der Waals surface area contributed by atoms with Gasteiger partial charge in [-0.15, -0.1) is 0 Å². The van der Waals surface area contributed by atoms with E-state index in [1.807, 2.05) is 50.2 Å². The van der Waals surface area contributed by atoms with Gasteiger partial charge < -0.3 is 14.1 Å². The van der Waals surface area contributed by atoms with Crippen LogP contribution in [0.25, 0.3) is 17.0 Å². The monoisotopic (exact) mass is 363 g/mol. The molecule has 27 heavy (non-hydrogen) atoms. The summed E-state index contributed by atoms with van der Waals surface area (Å²) in [6, 6.07) is 14.6. The van der Waals surface area contributed by atoms with Crippen LogP contribution in [0, 0.1) is 0 Å². The topological polar surface area (TPSA) is 59.8 Å². The van der Waals surface area contributed by atoms with Crippen molar-refractivity contribution in [2.45, 2.75) is 6.92 Å². The summed E-state index contributed by atoms with van der Waals surface area (Å²) in [5.74, 6) is 0.0896. The van der Waals surface area contributed by atoms with Crippen molar-refractivity contribution in [1.82, 2.24) is 0 Å². The van der Waals surface area contributed by atoms with Crippen LogP contribution >= 0.6 is 0 Å². The third kappa shape index (κ3) is 4.08. The first-order chi connectivity index (χ1) is 13.0. The molecule has 0 amide bonds. The molecule has 2 aromatic carbocycles. The van der Waals surface area contributed by atoms with Gasteiger partial charge >= 0.3 is 5.63 Å². The standard InChI is InChI=1S/C22H21NO4/c1-4-26-20-7-5-6-16-14-18(22(25)27-21(16)20)19(24)13-10-15-8-11-17(12-9-15)23(2)3/h5-14H,4H2,1-3H3/b13-10+. The fourth-order valence-electron chi connectivity index (χ4n) is 2.70. The highest BCUT2D eigenvalue weighted by molar-refractivity contribution is 6.08. The van der Waals surface area contributed by atoms with Gasteiger partial charge in [0, 0.05) is 25.2 Å². The van der Waals surface area contributed by atoms with Crippen LogP contribution < -0.4 is 15.3 Å². The minimum absolute atomic E-state index is 0.00249. The minimum atomic E-state index is -0.674. The number of rotatable bonds is 6. The van der Waals surface area contributed by atoms with Crippen LogP contribution in [0.15, 0.2) is 63.8 Å². The molecule has 0 radical (unpaired) electrons. The zero-order valence-electron chi connectivity index (χ0n) is 15.6. The molecule has 0 aliphatic carbocycles. The third-order valence-corrected chi connectivity index (χ3v) is 4.13. The van der Waals surface area contributed by atoms with E-state index in [0.717, 1.165) is 11.3 Å². The summed E-state index contributed by atoms with van der Waals surface area (Å²) in [7, 11) is 3.93. The number of hydrogen-bond acceptors (Lipinski definition) is 5. The molecule has 138 valence electrons. The van der Waals surface area contributed by atoms with Gasteiger partial charge in [-0.3, -0.25) is 4.79 Å². The van der Waals surface area contributed by atoms with Gasteiger partial charge in [0.1, 0.15) is 5.56 Å². The van der Waals surface area contributed by atoms with E-state index in [9.17, 15) is 9.59 Å². The average molecular weight is 363 g/mol. The SMILES string of the molecule is CCOc1cccc2cc(C(=O)/C=C/c3ccc(N(C)C)cc3)c(=O)oc12. The fraction of sp³-hybridized carbons (Fsp3) is 0.182. The first-order valence-corrected chi connectivity index (χ1v) is 8.69. The molecule has 5 nitrogen and oxygen atoms in total. The van der Waals surface area contributed by atoms with Crippen molar-refractivity contribution in [1.29, 1.82) is 0 Å². The van der Waals surface area contributed by atoms with Gasteiger partial charge in [0.2, 0.25) is 0 Å². The van der Waals surface area contributed by atoms with Gasteiger partial charge in [-0.2, -0.15) is 0 Å². The second kappa shape index (κ2) is 7.91. The van der Waals surface area contributed by atoms with E-state index in [2.05, 4.69) is 0 Å². The molecule has 0 bridgehead atoms. The molecular formula is C22H21NO4. The molecule has 0 saturated heterocycles. The number of benzene rings is 2. The molecule has 0 fully saturated rings. The Bertz CT molecular complexity index is 1050. The van der Waals surface area contributed by atoms with Crippen LogP contribution in [-0.2, 0) is 0 Å². The second-order valence-electron chi connectivity index (χ2n) is 6.24. The highest BCUT2D eigenvalue weighted by Gasteiger charge is 2.13. The fourth-order valence-corrected chi connectivity index (χ4v) is 2.70. The first kappa shape index (κ1) is 18.5. The van der Waals surface area contributed by atoms with Crippen molar-refractivity contribution < 1.29 is 13.9 Å². The van der Waals surface area contributed by atoms with E-state index in [1.165, 1.54) is 6.08 Å². The number of ether oxygens (including phenoxy) is 1. The van der Waals surface area contributed by atoms with E-state index in [-0.39, 0.29) is 5.56 Å². The number of allylic oxidation sites excluding steroid dienone is 1. The summed E-state index contributed by atoms with van der Waals surface area (Å²) >= 11 is 0. The molecule has 3 aromatic rings. The van der Waals surface area contributed by atoms with Gasteiger partial charge in [-0.25, -0.2) is 4.79 Å². The molecule has 0 aliphatic rings. The molecule has 5 heteroatoms. The molecule has 0 aliphatic heterocycles. The van der Waals surface area contributed by atoms with E-state index in [1.54, 1.807) is 30.3 Å². The summed E-state index contributed by atoms with van der Waals surface area (Å²) < 4.78 is 10.8. The largest absolute Gasteiger partial charge is 0.490 e. The van der Waals surface area contributed by atoms with Crippen LogP contribution in [0.5, 0.6) is 5.75 Å². The Morgan fingerprint density at radius 2 is 1.89 bits per heavy atom. The summed E-state index contributed by atoms with van der Waals surface area (Å²) in [5, 5.41) is 0.646. The van der Waals surface area contributed by atoms with Crippen molar-refractivity contribution in [2.24, 2.45) is 0 Å². The molecule has 0 saturated carbocycles. The Hall–Kier alpha value is -3.34. The minimum Gasteiger partial charge on any atom is -0.490 e. The zero-order valence-corrected chi connectivity index (χ0v) is 15.6. The molecule has 1 aromatic heterocycles. The number of carbonyl (C=O) groups excluding carboxylic acids is 1. The average Bonchev–Trinajstić information content (AvgIpc) is 2.66. The van der Waals surface area contributed by atoms with Gasteiger partial charge in [-0.1, -0.05) is 30.3 Å². The number of hydrogen-bond donors (Lipinski definition) is 0. The van der Waals surface area contributed by atoms with Crippen LogP contribution in [0.4, 0.5) is 5.69 Å². The highest BCUT2D eigenvalue weighted by atomic mass is 16.5. The summed E-state index contributed by atoms with van der Waals surface area (Å²) in [6.07, 6.45) is 3.07. The second-order valence-corrected chi connectivity index (χ2v) is 6.24. The predicted octanol–water partition coefficient (Wildman–Crippen LogP) is 4.15. The van der Waals surface area contributed by atoms with Gasteiger partial charge in [0.05, 0.1) is 6.61 Å². The molecule has 0 atom stereocenters. The first-order valence-electron chi connectivity index (χ1n) is 8.69. The highest BCUT2D eigenvalue weighted by Crippen LogP contribution is 2.25. The molecule has 3 rings (SSSR count). The lowest BCUT2D eigenvalue weighted by Crippen LogP contribution is -2.12. The van der Waals surface area contributed by atoms with Crippen molar-refractivity contribution in [3.8, 4) is 5.75 Å². The lowest BCUT2D eigenvalue weighted by atomic mass is 10.1. The quantitative estimate of drug-likeness (QED) is 0.374. The van der Waals surface area contributed by atoms with E-state index >= 15 is 0 Å². The molecule has 0 N–H and O–H groups in total. The van der Waals surface area contributed by atoms with Crippen LogP contribution in [0.3, 0.4) is 0 Å². The van der Waals surface area contributed by atoms with E-state index < -0.39 is 11.4 Å². The molecular weight excluding hydrogens is 342 g/mol. The van der Waals surface area contributed by atoms with Crippen LogP contribution in [0.2, 0.25) is 0 Å². The number of anilines is 1. The maximum Gasteiger partial charge on any atom is 0.347 e. The summed E-state index contributed by atoms with van der Waals surface area (Å²) in [4.78, 5) is 26.8. The number of carbonyl (C=O) groups is 1. The summed E-state index contributed by atoms with van der Waals surface area (Å²) in [6.45, 7) is 2.31. The Balaban J connectivity index is 1.89. The van der Waals surface area contributed by atoms with Gasteiger partial charge in [0.25, 0.3) is 0 Å².